The summed E-state index contributed by atoms with van der Waals surface area (Å²) in [7, 11) is 1.26. The molecular weight excluding hydrogens is 201 g/mol. The molecule has 1 aromatic rings. The maximum absolute atomic E-state index is 11.8. The van der Waals surface area contributed by atoms with E-state index in [0.29, 0.717) is 0 Å². The lowest BCUT2D eigenvalue weighted by atomic mass is 10.4. The van der Waals surface area contributed by atoms with Crippen LogP contribution in [-0.2, 0) is 0 Å². The number of pyridine rings is 1. The van der Waals surface area contributed by atoms with Crippen molar-refractivity contribution in [2.45, 2.75) is 6.36 Å². The minimum atomic E-state index is -4.79. The SMILES string of the molecule is COc1cc(N)cc(OC(F)(F)F)n1. The molecule has 0 aliphatic carbocycles. The van der Waals surface area contributed by atoms with Gasteiger partial charge in [0.25, 0.3) is 0 Å². The van der Waals surface area contributed by atoms with Crippen LogP contribution in [0.25, 0.3) is 0 Å². The summed E-state index contributed by atoms with van der Waals surface area (Å²) in [6, 6.07) is 2.24. The van der Waals surface area contributed by atoms with Gasteiger partial charge in [-0.15, -0.1) is 13.2 Å². The topological polar surface area (TPSA) is 57.4 Å². The summed E-state index contributed by atoms with van der Waals surface area (Å²) in [5, 5.41) is 0. The fourth-order valence-corrected chi connectivity index (χ4v) is 0.775. The molecule has 0 spiro atoms. The molecule has 1 heterocycles. The molecule has 0 saturated heterocycles. The molecule has 1 aromatic heterocycles. The summed E-state index contributed by atoms with van der Waals surface area (Å²) in [4.78, 5) is 3.39. The first-order valence-electron chi connectivity index (χ1n) is 3.48. The Morgan fingerprint density at radius 1 is 1.29 bits per heavy atom. The third-order valence-corrected chi connectivity index (χ3v) is 1.23. The molecule has 0 radical (unpaired) electrons. The molecule has 14 heavy (non-hydrogen) atoms. The number of alkyl halides is 3. The summed E-state index contributed by atoms with van der Waals surface area (Å²) >= 11 is 0. The quantitative estimate of drug-likeness (QED) is 0.801. The van der Waals surface area contributed by atoms with Gasteiger partial charge in [-0.3, -0.25) is 0 Å². The molecule has 0 aliphatic rings. The first kappa shape index (κ1) is 10.4. The van der Waals surface area contributed by atoms with Gasteiger partial charge in [0.05, 0.1) is 7.11 Å². The van der Waals surface area contributed by atoms with E-state index in [1.807, 2.05) is 0 Å². The number of nitrogens with two attached hydrogens (primary N) is 1. The third kappa shape index (κ3) is 3.00. The number of rotatable bonds is 2. The lowest BCUT2D eigenvalue weighted by molar-refractivity contribution is -0.276. The van der Waals surface area contributed by atoms with Crippen molar-refractivity contribution in [2.24, 2.45) is 0 Å². The Balaban J connectivity index is 2.92. The number of halogens is 3. The van der Waals surface area contributed by atoms with Crippen LogP contribution in [0.15, 0.2) is 12.1 Å². The van der Waals surface area contributed by atoms with Gasteiger partial charge >= 0.3 is 6.36 Å². The molecule has 2 N–H and O–H groups in total. The van der Waals surface area contributed by atoms with Crippen LogP contribution in [0.1, 0.15) is 0 Å². The zero-order chi connectivity index (χ0) is 10.8. The molecule has 78 valence electrons. The molecule has 0 fully saturated rings. The average molecular weight is 208 g/mol. The molecule has 0 atom stereocenters. The number of hydrogen-bond donors (Lipinski definition) is 1. The lowest BCUT2D eigenvalue weighted by Gasteiger charge is -2.09. The minimum absolute atomic E-state index is 0.0377. The first-order valence-corrected chi connectivity index (χ1v) is 3.48. The van der Waals surface area contributed by atoms with Crippen molar-refractivity contribution in [3.63, 3.8) is 0 Å². The molecule has 0 aliphatic heterocycles. The fourth-order valence-electron chi connectivity index (χ4n) is 0.775. The molecule has 0 amide bonds. The van der Waals surface area contributed by atoms with Gasteiger partial charge in [-0.05, 0) is 0 Å². The largest absolute Gasteiger partial charge is 0.574 e. The van der Waals surface area contributed by atoms with Gasteiger partial charge in [0, 0.05) is 17.8 Å². The summed E-state index contributed by atoms with van der Waals surface area (Å²) in [5.41, 5.74) is 5.37. The van der Waals surface area contributed by atoms with Crippen molar-refractivity contribution in [2.75, 3.05) is 12.8 Å². The van der Waals surface area contributed by atoms with Crippen molar-refractivity contribution >= 4 is 5.69 Å². The number of methoxy groups -OCH3 is 1. The Hall–Kier alpha value is -1.66. The van der Waals surface area contributed by atoms with E-state index in [0.717, 1.165) is 6.07 Å². The predicted molar refractivity (Wildman–Crippen MR) is 41.9 cm³/mol. The van der Waals surface area contributed by atoms with Crippen molar-refractivity contribution in [1.29, 1.82) is 0 Å². The highest BCUT2D eigenvalue weighted by atomic mass is 19.4. The highest BCUT2D eigenvalue weighted by Gasteiger charge is 2.32. The molecule has 0 aromatic carbocycles. The molecule has 4 nitrogen and oxygen atoms in total. The van der Waals surface area contributed by atoms with E-state index in [4.69, 9.17) is 5.73 Å². The van der Waals surface area contributed by atoms with Crippen molar-refractivity contribution < 1.29 is 22.6 Å². The van der Waals surface area contributed by atoms with E-state index >= 15 is 0 Å². The van der Waals surface area contributed by atoms with Gasteiger partial charge in [-0.25, -0.2) is 0 Å². The molecule has 0 saturated carbocycles. The number of nitrogens with zero attached hydrogens (tertiary/aromatic N) is 1. The van der Waals surface area contributed by atoms with E-state index in [2.05, 4.69) is 14.5 Å². The number of aromatic nitrogens is 1. The van der Waals surface area contributed by atoms with Crippen LogP contribution >= 0.6 is 0 Å². The van der Waals surface area contributed by atoms with E-state index in [9.17, 15) is 13.2 Å². The fraction of sp³-hybridized carbons (Fsp3) is 0.286. The van der Waals surface area contributed by atoms with Gasteiger partial charge in [-0.1, -0.05) is 0 Å². The molecular formula is C7H7F3N2O2. The highest BCUT2D eigenvalue weighted by Crippen LogP contribution is 2.25. The van der Waals surface area contributed by atoms with E-state index in [1.165, 1.54) is 13.2 Å². The monoisotopic (exact) mass is 208 g/mol. The maximum atomic E-state index is 11.8. The number of nitrogen functional groups attached to an aromatic ring is 1. The Kier molecular flexibility index (Phi) is 2.68. The van der Waals surface area contributed by atoms with Crippen LogP contribution in [0.3, 0.4) is 0 Å². The lowest BCUT2D eigenvalue weighted by Crippen LogP contribution is -2.18. The second kappa shape index (κ2) is 3.60. The summed E-state index contributed by atoms with van der Waals surface area (Å²) in [5.74, 6) is -0.682. The summed E-state index contributed by atoms with van der Waals surface area (Å²) < 4.78 is 43.5. The zero-order valence-electron chi connectivity index (χ0n) is 7.13. The highest BCUT2D eigenvalue weighted by molar-refractivity contribution is 5.44. The van der Waals surface area contributed by atoms with Crippen molar-refractivity contribution in [3.8, 4) is 11.8 Å². The minimum Gasteiger partial charge on any atom is -0.481 e. The van der Waals surface area contributed by atoms with Crippen LogP contribution in [-0.4, -0.2) is 18.5 Å². The van der Waals surface area contributed by atoms with E-state index in [-0.39, 0.29) is 11.6 Å². The normalized spacial score (nSPS) is 11.1. The van der Waals surface area contributed by atoms with Crippen LogP contribution in [0, 0.1) is 0 Å². The van der Waals surface area contributed by atoms with E-state index in [1.54, 1.807) is 0 Å². The Morgan fingerprint density at radius 2 is 1.86 bits per heavy atom. The predicted octanol–water partition coefficient (Wildman–Crippen LogP) is 1.57. The number of anilines is 1. The summed E-state index contributed by atoms with van der Waals surface area (Å²) in [6.45, 7) is 0. The smallest absolute Gasteiger partial charge is 0.481 e. The van der Waals surface area contributed by atoms with Crippen LogP contribution in [0.5, 0.6) is 11.8 Å². The van der Waals surface area contributed by atoms with Crippen LogP contribution in [0.2, 0.25) is 0 Å². The summed E-state index contributed by atoms with van der Waals surface area (Å²) in [6.07, 6.45) is -4.79. The first-order chi connectivity index (χ1) is 6.40. The van der Waals surface area contributed by atoms with Gasteiger partial charge in [0.2, 0.25) is 11.8 Å². The van der Waals surface area contributed by atoms with Crippen molar-refractivity contribution in [1.82, 2.24) is 4.98 Å². The van der Waals surface area contributed by atoms with Crippen molar-refractivity contribution in [3.05, 3.63) is 12.1 Å². The van der Waals surface area contributed by atoms with Gasteiger partial charge in [-0.2, -0.15) is 4.98 Å². The Bertz CT molecular complexity index is 327. The standard InChI is InChI=1S/C7H7F3N2O2/c1-13-5-2-4(11)3-6(12-5)14-7(8,9)10/h2-3H,1H3,(H2,11,12). The second-order valence-corrected chi connectivity index (χ2v) is 2.33. The average Bonchev–Trinajstić information content (AvgIpc) is 1.99. The Morgan fingerprint density at radius 3 is 2.36 bits per heavy atom. The molecule has 7 heteroatoms. The van der Waals surface area contributed by atoms with Crippen LogP contribution < -0.4 is 15.2 Å². The molecule has 0 bridgehead atoms. The Labute approximate surface area is 77.4 Å². The third-order valence-electron chi connectivity index (χ3n) is 1.23. The van der Waals surface area contributed by atoms with Gasteiger partial charge < -0.3 is 15.2 Å². The zero-order valence-corrected chi connectivity index (χ0v) is 7.13. The van der Waals surface area contributed by atoms with Gasteiger partial charge in [0.1, 0.15) is 0 Å². The maximum Gasteiger partial charge on any atom is 0.574 e. The van der Waals surface area contributed by atoms with E-state index < -0.39 is 12.2 Å². The molecule has 0 unspecified atom stereocenters. The number of ether oxygens (including phenoxy) is 2. The van der Waals surface area contributed by atoms with Crippen LogP contribution in [0.4, 0.5) is 18.9 Å². The molecule has 1 rings (SSSR count). The second-order valence-electron chi connectivity index (χ2n) is 2.33. The van der Waals surface area contributed by atoms with Gasteiger partial charge in [0.15, 0.2) is 0 Å². The number of hydrogen-bond acceptors (Lipinski definition) is 4.